The predicted octanol–water partition coefficient (Wildman–Crippen LogP) is 3.07. The summed E-state index contributed by atoms with van der Waals surface area (Å²) >= 11 is 0. The molecule has 1 unspecified atom stereocenters. The van der Waals surface area contributed by atoms with Crippen LogP contribution in [0.5, 0.6) is 0 Å². The van der Waals surface area contributed by atoms with Crippen molar-refractivity contribution in [1.29, 1.82) is 0 Å². The molecule has 0 saturated carbocycles. The summed E-state index contributed by atoms with van der Waals surface area (Å²) in [4.78, 5) is 2.52. The molecular weight excluding hydrogens is 220 g/mol. The zero-order valence-corrected chi connectivity index (χ0v) is 11.9. The molecule has 1 aliphatic rings. The summed E-state index contributed by atoms with van der Waals surface area (Å²) in [6.07, 6.45) is 2.39. The standard InChI is InChI=1S/C16H26N2/c1-4-14-5-7-16(8-6-14)18-10-9-17-15(12-18)11-13(2)3/h5-8,13,15,17H,4,9-12H2,1-3H3. The van der Waals surface area contributed by atoms with Crippen LogP contribution in [0.25, 0.3) is 0 Å². The van der Waals surface area contributed by atoms with Gasteiger partial charge in [0.1, 0.15) is 0 Å². The Morgan fingerprint density at radius 1 is 1.28 bits per heavy atom. The van der Waals surface area contributed by atoms with Crippen molar-refractivity contribution in [1.82, 2.24) is 5.32 Å². The number of nitrogens with zero attached hydrogens (tertiary/aromatic N) is 1. The molecule has 0 bridgehead atoms. The highest BCUT2D eigenvalue weighted by Gasteiger charge is 2.20. The van der Waals surface area contributed by atoms with Gasteiger partial charge < -0.3 is 10.2 Å². The van der Waals surface area contributed by atoms with Crippen molar-refractivity contribution in [2.24, 2.45) is 5.92 Å². The molecule has 1 aliphatic heterocycles. The minimum Gasteiger partial charge on any atom is -0.369 e. The van der Waals surface area contributed by atoms with E-state index in [1.54, 1.807) is 0 Å². The molecule has 2 heteroatoms. The Kier molecular flexibility index (Phi) is 4.65. The molecule has 0 amide bonds. The minimum absolute atomic E-state index is 0.643. The normalized spacial score (nSPS) is 20.4. The quantitative estimate of drug-likeness (QED) is 0.878. The van der Waals surface area contributed by atoms with E-state index < -0.39 is 0 Å². The van der Waals surface area contributed by atoms with Crippen LogP contribution in [0.4, 0.5) is 5.69 Å². The van der Waals surface area contributed by atoms with Crippen molar-refractivity contribution >= 4 is 5.69 Å². The average molecular weight is 246 g/mol. The Morgan fingerprint density at radius 2 is 2.00 bits per heavy atom. The Hall–Kier alpha value is -1.02. The van der Waals surface area contributed by atoms with Crippen molar-refractivity contribution in [3.63, 3.8) is 0 Å². The van der Waals surface area contributed by atoms with Crippen molar-refractivity contribution in [3.05, 3.63) is 29.8 Å². The van der Waals surface area contributed by atoms with Gasteiger partial charge in [-0.1, -0.05) is 32.9 Å². The van der Waals surface area contributed by atoms with E-state index in [4.69, 9.17) is 0 Å². The molecule has 0 spiro atoms. The topological polar surface area (TPSA) is 15.3 Å². The highest BCUT2D eigenvalue weighted by Crippen LogP contribution is 2.19. The molecular formula is C16H26N2. The molecule has 1 atom stereocenters. The van der Waals surface area contributed by atoms with Gasteiger partial charge in [-0.25, -0.2) is 0 Å². The van der Waals surface area contributed by atoms with Gasteiger partial charge in [-0.15, -0.1) is 0 Å². The van der Waals surface area contributed by atoms with E-state index in [2.05, 4.69) is 55.3 Å². The Morgan fingerprint density at radius 3 is 2.61 bits per heavy atom. The van der Waals surface area contributed by atoms with Gasteiger partial charge in [0.05, 0.1) is 0 Å². The molecule has 0 aromatic heterocycles. The van der Waals surface area contributed by atoms with E-state index in [9.17, 15) is 0 Å². The van der Waals surface area contributed by atoms with Crippen molar-refractivity contribution in [2.75, 3.05) is 24.5 Å². The van der Waals surface area contributed by atoms with Gasteiger partial charge in [-0.2, -0.15) is 0 Å². The first kappa shape index (κ1) is 13.4. The van der Waals surface area contributed by atoms with E-state index in [0.717, 1.165) is 32.0 Å². The maximum atomic E-state index is 3.63. The summed E-state index contributed by atoms with van der Waals surface area (Å²) in [7, 11) is 0. The number of piperazine rings is 1. The molecule has 0 radical (unpaired) electrons. The highest BCUT2D eigenvalue weighted by molar-refractivity contribution is 5.48. The maximum Gasteiger partial charge on any atom is 0.0367 e. The lowest BCUT2D eigenvalue weighted by Crippen LogP contribution is -2.51. The average Bonchev–Trinajstić information content (AvgIpc) is 2.38. The lowest BCUT2D eigenvalue weighted by atomic mass is 10.0. The first-order valence-electron chi connectivity index (χ1n) is 7.26. The third-order valence-corrected chi connectivity index (χ3v) is 3.72. The summed E-state index contributed by atoms with van der Waals surface area (Å²) in [5, 5.41) is 3.63. The molecule has 1 aromatic rings. The van der Waals surface area contributed by atoms with Crippen molar-refractivity contribution in [2.45, 2.75) is 39.7 Å². The van der Waals surface area contributed by atoms with Gasteiger partial charge in [0.15, 0.2) is 0 Å². The Labute approximate surface area is 111 Å². The van der Waals surface area contributed by atoms with Crippen LogP contribution in [0.1, 0.15) is 32.8 Å². The summed E-state index contributed by atoms with van der Waals surface area (Å²) in [5.41, 5.74) is 2.80. The molecule has 0 aliphatic carbocycles. The predicted molar refractivity (Wildman–Crippen MR) is 79.3 cm³/mol. The third-order valence-electron chi connectivity index (χ3n) is 3.72. The minimum atomic E-state index is 0.643. The zero-order chi connectivity index (χ0) is 13.0. The number of rotatable bonds is 4. The SMILES string of the molecule is CCc1ccc(N2CCNC(CC(C)C)C2)cc1. The highest BCUT2D eigenvalue weighted by atomic mass is 15.2. The maximum absolute atomic E-state index is 3.63. The molecule has 1 fully saturated rings. The molecule has 1 saturated heterocycles. The van der Waals surface area contributed by atoms with Crippen LogP contribution in [0, 0.1) is 5.92 Å². The van der Waals surface area contributed by atoms with Crippen LogP contribution >= 0.6 is 0 Å². The van der Waals surface area contributed by atoms with Crippen molar-refractivity contribution < 1.29 is 0 Å². The fourth-order valence-electron chi connectivity index (χ4n) is 2.73. The van der Waals surface area contributed by atoms with Gasteiger partial charge in [0.25, 0.3) is 0 Å². The van der Waals surface area contributed by atoms with Crippen LogP contribution in [0.3, 0.4) is 0 Å². The first-order chi connectivity index (χ1) is 8.69. The third kappa shape index (κ3) is 3.49. The van der Waals surface area contributed by atoms with Crippen LogP contribution < -0.4 is 10.2 Å². The zero-order valence-electron chi connectivity index (χ0n) is 11.9. The summed E-state index contributed by atoms with van der Waals surface area (Å²) in [6, 6.07) is 9.71. The molecule has 18 heavy (non-hydrogen) atoms. The number of hydrogen-bond donors (Lipinski definition) is 1. The van der Waals surface area contributed by atoms with E-state index in [1.165, 1.54) is 17.7 Å². The van der Waals surface area contributed by atoms with Crippen molar-refractivity contribution in [3.8, 4) is 0 Å². The monoisotopic (exact) mass is 246 g/mol. The largest absolute Gasteiger partial charge is 0.369 e. The molecule has 1 heterocycles. The van der Waals surface area contributed by atoms with Crippen LogP contribution in [0.2, 0.25) is 0 Å². The second kappa shape index (κ2) is 6.24. The van der Waals surface area contributed by atoms with Crippen LogP contribution in [-0.2, 0) is 6.42 Å². The van der Waals surface area contributed by atoms with E-state index in [1.807, 2.05) is 0 Å². The molecule has 2 nitrogen and oxygen atoms in total. The van der Waals surface area contributed by atoms with E-state index in [0.29, 0.717) is 6.04 Å². The van der Waals surface area contributed by atoms with Gasteiger partial charge in [-0.3, -0.25) is 0 Å². The van der Waals surface area contributed by atoms with Gasteiger partial charge in [0, 0.05) is 31.4 Å². The van der Waals surface area contributed by atoms with Gasteiger partial charge in [0.2, 0.25) is 0 Å². The first-order valence-corrected chi connectivity index (χ1v) is 7.26. The number of aryl methyl sites for hydroxylation is 1. The fraction of sp³-hybridized carbons (Fsp3) is 0.625. The number of anilines is 1. The van der Waals surface area contributed by atoms with Gasteiger partial charge >= 0.3 is 0 Å². The Bertz CT molecular complexity index is 356. The molecule has 100 valence electrons. The second-order valence-corrected chi connectivity index (χ2v) is 5.75. The lowest BCUT2D eigenvalue weighted by molar-refractivity contribution is 0.388. The van der Waals surface area contributed by atoms with Gasteiger partial charge in [-0.05, 0) is 36.5 Å². The number of hydrogen-bond acceptors (Lipinski definition) is 2. The summed E-state index contributed by atoms with van der Waals surface area (Å²) < 4.78 is 0. The Balaban J connectivity index is 1.98. The second-order valence-electron chi connectivity index (χ2n) is 5.75. The molecule has 1 aromatic carbocycles. The van der Waals surface area contributed by atoms with E-state index in [-0.39, 0.29) is 0 Å². The smallest absolute Gasteiger partial charge is 0.0367 e. The summed E-state index contributed by atoms with van der Waals surface area (Å²) in [6.45, 7) is 10.2. The molecule has 1 N–H and O–H groups in total. The van der Waals surface area contributed by atoms with Crippen LogP contribution in [0.15, 0.2) is 24.3 Å². The lowest BCUT2D eigenvalue weighted by Gasteiger charge is -2.36. The summed E-state index contributed by atoms with van der Waals surface area (Å²) in [5.74, 6) is 0.768. The van der Waals surface area contributed by atoms with E-state index >= 15 is 0 Å². The number of nitrogens with one attached hydrogen (secondary N) is 1. The van der Waals surface area contributed by atoms with Crippen LogP contribution in [-0.4, -0.2) is 25.7 Å². The molecule has 2 rings (SSSR count). The fourth-order valence-corrected chi connectivity index (χ4v) is 2.73. The number of benzene rings is 1.